The van der Waals surface area contributed by atoms with Crippen molar-refractivity contribution >= 4 is 21.6 Å². The molecule has 0 aliphatic rings. The molecule has 0 unspecified atom stereocenters. The van der Waals surface area contributed by atoms with Crippen LogP contribution in [0, 0.1) is 24.4 Å². The van der Waals surface area contributed by atoms with E-state index in [-0.39, 0.29) is 11.4 Å². The van der Waals surface area contributed by atoms with Gasteiger partial charge in [-0.05, 0) is 48.9 Å². The summed E-state index contributed by atoms with van der Waals surface area (Å²) in [5.74, 6) is -3.40. The zero-order chi connectivity index (χ0) is 22.6. The summed E-state index contributed by atoms with van der Waals surface area (Å²) in [5.41, 5.74) is 0.612. The Morgan fingerprint density at radius 1 is 0.903 bits per heavy atom. The Morgan fingerprint density at radius 3 is 2.06 bits per heavy atom. The molecular formula is C22H19F3N2O3S. The number of amides is 1. The number of sulfonamides is 1. The first-order valence-corrected chi connectivity index (χ1v) is 10.7. The van der Waals surface area contributed by atoms with Crippen molar-refractivity contribution in [2.24, 2.45) is 0 Å². The van der Waals surface area contributed by atoms with Gasteiger partial charge in [-0.1, -0.05) is 35.9 Å². The van der Waals surface area contributed by atoms with Crippen LogP contribution in [-0.4, -0.2) is 25.2 Å². The van der Waals surface area contributed by atoms with Crippen LogP contribution in [0.2, 0.25) is 0 Å². The average molecular weight is 448 g/mol. The maximum atomic E-state index is 13.8. The summed E-state index contributed by atoms with van der Waals surface area (Å²) in [6, 6.07) is 14.2. The second kappa shape index (κ2) is 9.32. The molecule has 0 atom stereocenters. The highest BCUT2D eigenvalue weighted by Crippen LogP contribution is 2.21. The van der Waals surface area contributed by atoms with Gasteiger partial charge in [0.1, 0.15) is 23.1 Å². The molecule has 1 N–H and O–H groups in total. The number of hydrogen-bond acceptors (Lipinski definition) is 3. The molecule has 0 aliphatic carbocycles. The topological polar surface area (TPSA) is 66.5 Å². The average Bonchev–Trinajstić information content (AvgIpc) is 2.72. The molecule has 0 spiro atoms. The lowest BCUT2D eigenvalue weighted by Gasteiger charge is -2.22. The van der Waals surface area contributed by atoms with Gasteiger partial charge in [0.2, 0.25) is 15.9 Å². The van der Waals surface area contributed by atoms with Gasteiger partial charge in [0.05, 0.1) is 11.4 Å². The fourth-order valence-corrected chi connectivity index (χ4v) is 4.22. The van der Waals surface area contributed by atoms with Crippen molar-refractivity contribution in [1.29, 1.82) is 0 Å². The zero-order valence-electron chi connectivity index (χ0n) is 16.5. The van der Waals surface area contributed by atoms with Crippen molar-refractivity contribution in [3.05, 3.63) is 95.3 Å². The third-order valence-corrected chi connectivity index (χ3v) is 6.28. The zero-order valence-corrected chi connectivity index (χ0v) is 17.3. The van der Waals surface area contributed by atoms with Crippen molar-refractivity contribution in [2.45, 2.75) is 18.4 Å². The largest absolute Gasteiger partial charge is 0.320 e. The van der Waals surface area contributed by atoms with Crippen LogP contribution < -0.4 is 5.32 Å². The lowest BCUT2D eigenvalue weighted by molar-refractivity contribution is -0.116. The predicted octanol–water partition coefficient (Wildman–Crippen LogP) is 4.24. The quantitative estimate of drug-likeness (QED) is 0.588. The lowest BCUT2D eigenvalue weighted by Crippen LogP contribution is -2.37. The van der Waals surface area contributed by atoms with E-state index in [9.17, 15) is 26.4 Å². The molecule has 0 bridgehead atoms. The second-order valence-electron chi connectivity index (χ2n) is 6.86. The minimum absolute atomic E-state index is 0.0508. The molecule has 0 radical (unpaired) electrons. The molecule has 0 aromatic heterocycles. The molecule has 3 rings (SSSR count). The maximum absolute atomic E-state index is 13.8. The summed E-state index contributed by atoms with van der Waals surface area (Å²) in [5, 5.41) is 2.08. The van der Waals surface area contributed by atoms with Crippen LogP contribution in [0.4, 0.5) is 18.9 Å². The van der Waals surface area contributed by atoms with Crippen molar-refractivity contribution in [1.82, 2.24) is 4.31 Å². The van der Waals surface area contributed by atoms with Crippen molar-refractivity contribution in [3.8, 4) is 0 Å². The van der Waals surface area contributed by atoms with Gasteiger partial charge in [-0.3, -0.25) is 4.79 Å². The highest BCUT2D eigenvalue weighted by atomic mass is 32.2. The Balaban J connectivity index is 1.90. The van der Waals surface area contributed by atoms with Crippen LogP contribution in [0.15, 0.2) is 71.6 Å². The molecule has 0 saturated carbocycles. The van der Waals surface area contributed by atoms with E-state index < -0.39 is 45.6 Å². The van der Waals surface area contributed by atoms with E-state index >= 15 is 0 Å². The molecule has 0 heterocycles. The molecule has 5 nitrogen and oxygen atoms in total. The number of hydrogen-bond donors (Lipinski definition) is 1. The number of rotatable bonds is 7. The number of halogens is 3. The van der Waals surface area contributed by atoms with Gasteiger partial charge in [-0.25, -0.2) is 21.6 Å². The smallest absolute Gasteiger partial charge is 0.243 e. The Labute approximate surface area is 178 Å². The lowest BCUT2D eigenvalue weighted by atomic mass is 10.2. The van der Waals surface area contributed by atoms with E-state index in [1.807, 2.05) is 0 Å². The second-order valence-corrected chi connectivity index (χ2v) is 8.80. The molecule has 3 aromatic carbocycles. The van der Waals surface area contributed by atoms with Crippen LogP contribution in [0.3, 0.4) is 0 Å². The number of anilines is 1. The molecule has 0 fully saturated rings. The Kier molecular flexibility index (Phi) is 6.77. The van der Waals surface area contributed by atoms with Crippen LogP contribution in [0.25, 0.3) is 0 Å². The third kappa shape index (κ3) is 5.50. The van der Waals surface area contributed by atoms with Crippen LogP contribution in [0.1, 0.15) is 11.1 Å². The normalized spacial score (nSPS) is 11.5. The van der Waals surface area contributed by atoms with E-state index in [1.165, 1.54) is 36.4 Å². The fraction of sp³-hybridized carbons (Fsp3) is 0.136. The highest BCUT2D eigenvalue weighted by molar-refractivity contribution is 7.89. The minimum atomic E-state index is -4.14. The fourth-order valence-electron chi connectivity index (χ4n) is 2.83. The number of nitrogens with one attached hydrogen (secondary N) is 1. The Bertz CT molecular complexity index is 1160. The minimum Gasteiger partial charge on any atom is -0.320 e. The number of carbonyl (C=O) groups excluding carboxylic acids is 1. The molecule has 9 heteroatoms. The summed E-state index contributed by atoms with van der Waals surface area (Å²) in [4.78, 5) is 12.4. The van der Waals surface area contributed by atoms with Crippen LogP contribution in [0.5, 0.6) is 0 Å². The first kappa shape index (κ1) is 22.5. The predicted molar refractivity (Wildman–Crippen MR) is 110 cm³/mol. The molecule has 1 amide bonds. The summed E-state index contributed by atoms with van der Waals surface area (Å²) >= 11 is 0. The summed E-state index contributed by atoms with van der Waals surface area (Å²) in [6.07, 6.45) is 0. The number of aryl methyl sites for hydroxylation is 1. The van der Waals surface area contributed by atoms with Gasteiger partial charge in [-0.2, -0.15) is 4.31 Å². The molecule has 0 aliphatic heterocycles. The van der Waals surface area contributed by atoms with E-state index in [2.05, 4.69) is 5.32 Å². The number of nitrogens with zero attached hydrogens (tertiary/aromatic N) is 1. The standard InChI is InChI=1S/C22H19F3N2O3S/c1-15-5-11-18(12-6-15)31(29,30)27(13-16-7-9-17(23)10-8-16)14-21(28)26-22-19(24)3-2-4-20(22)25/h2-12H,13-14H2,1H3,(H,26,28). The van der Waals surface area contributed by atoms with Gasteiger partial charge in [-0.15, -0.1) is 0 Å². The molecule has 0 saturated heterocycles. The monoisotopic (exact) mass is 448 g/mol. The van der Waals surface area contributed by atoms with Gasteiger partial charge < -0.3 is 5.32 Å². The third-order valence-electron chi connectivity index (χ3n) is 4.48. The van der Waals surface area contributed by atoms with Crippen molar-refractivity contribution in [3.63, 3.8) is 0 Å². The Morgan fingerprint density at radius 2 is 1.48 bits per heavy atom. The summed E-state index contributed by atoms with van der Waals surface area (Å²) in [6.45, 7) is 0.841. The van der Waals surface area contributed by atoms with Gasteiger partial charge in [0.15, 0.2) is 0 Å². The SMILES string of the molecule is Cc1ccc(S(=O)(=O)N(CC(=O)Nc2c(F)cccc2F)Cc2ccc(F)cc2)cc1. The Hall–Kier alpha value is -3.17. The summed E-state index contributed by atoms with van der Waals surface area (Å²) < 4.78 is 68.1. The molecular weight excluding hydrogens is 429 g/mol. The first-order chi connectivity index (χ1) is 14.7. The van der Waals surface area contributed by atoms with E-state index in [4.69, 9.17) is 0 Å². The van der Waals surface area contributed by atoms with E-state index in [0.29, 0.717) is 5.56 Å². The van der Waals surface area contributed by atoms with Crippen LogP contribution >= 0.6 is 0 Å². The van der Waals surface area contributed by atoms with Crippen LogP contribution in [-0.2, 0) is 21.4 Å². The molecule has 31 heavy (non-hydrogen) atoms. The molecule has 3 aromatic rings. The first-order valence-electron chi connectivity index (χ1n) is 9.22. The molecule has 162 valence electrons. The van der Waals surface area contributed by atoms with Gasteiger partial charge in [0.25, 0.3) is 0 Å². The summed E-state index contributed by atoms with van der Waals surface area (Å²) in [7, 11) is -4.14. The van der Waals surface area contributed by atoms with E-state index in [1.54, 1.807) is 19.1 Å². The van der Waals surface area contributed by atoms with E-state index in [0.717, 1.165) is 28.1 Å². The van der Waals surface area contributed by atoms with Gasteiger partial charge in [0, 0.05) is 6.54 Å². The number of carbonyl (C=O) groups is 1. The van der Waals surface area contributed by atoms with Gasteiger partial charge >= 0.3 is 0 Å². The number of para-hydroxylation sites is 1. The highest BCUT2D eigenvalue weighted by Gasteiger charge is 2.27. The van der Waals surface area contributed by atoms with Crippen molar-refractivity contribution < 1.29 is 26.4 Å². The maximum Gasteiger partial charge on any atom is 0.243 e. The number of benzene rings is 3. The van der Waals surface area contributed by atoms with Crippen molar-refractivity contribution in [2.75, 3.05) is 11.9 Å².